The van der Waals surface area contributed by atoms with Crippen LogP contribution < -0.4 is 9.50 Å². The standard InChI is InChI=1S/C17H28N2O5S/c1-6-25(21,22)24-15-9-7-14(8-10-15)13-19(11-12-23-5)16(20)18-17(2,3)4/h7-10H,6,11-13H2,1-5H3,(H,18,20). The smallest absolute Gasteiger partial charge is 0.318 e. The number of nitrogens with zero attached hydrogens (tertiary/aromatic N) is 1. The fraction of sp³-hybridized carbons (Fsp3) is 0.588. The molecule has 25 heavy (non-hydrogen) atoms. The van der Waals surface area contributed by atoms with Crippen LogP contribution in [0.5, 0.6) is 5.75 Å². The number of nitrogens with one attached hydrogen (secondary N) is 1. The highest BCUT2D eigenvalue weighted by molar-refractivity contribution is 7.87. The summed E-state index contributed by atoms with van der Waals surface area (Å²) in [6.07, 6.45) is 0. The van der Waals surface area contributed by atoms with Crippen LogP contribution in [0.3, 0.4) is 0 Å². The summed E-state index contributed by atoms with van der Waals surface area (Å²) in [5.41, 5.74) is 0.524. The first kappa shape index (κ1) is 21.2. The minimum absolute atomic E-state index is 0.0908. The Morgan fingerprint density at radius 1 is 1.20 bits per heavy atom. The van der Waals surface area contributed by atoms with Crippen molar-refractivity contribution >= 4 is 16.1 Å². The number of urea groups is 1. The van der Waals surface area contributed by atoms with Gasteiger partial charge in [-0.05, 0) is 45.4 Å². The molecule has 7 nitrogen and oxygen atoms in total. The fourth-order valence-electron chi connectivity index (χ4n) is 1.93. The van der Waals surface area contributed by atoms with Crippen LogP contribution >= 0.6 is 0 Å². The second-order valence-corrected chi connectivity index (χ2v) is 8.53. The van der Waals surface area contributed by atoms with Crippen LogP contribution in [-0.4, -0.2) is 50.9 Å². The van der Waals surface area contributed by atoms with E-state index in [2.05, 4.69) is 5.32 Å². The molecule has 1 rings (SSSR count). The number of hydrogen-bond acceptors (Lipinski definition) is 5. The maximum atomic E-state index is 12.4. The fourth-order valence-corrected chi connectivity index (χ4v) is 2.45. The summed E-state index contributed by atoms with van der Waals surface area (Å²) < 4.78 is 33.0. The van der Waals surface area contributed by atoms with Crippen LogP contribution in [0.25, 0.3) is 0 Å². The van der Waals surface area contributed by atoms with E-state index in [9.17, 15) is 13.2 Å². The van der Waals surface area contributed by atoms with E-state index in [0.717, 1.165) is 5.56 Å². The third-order valence-electron chi connectivity index (χ3n) is 3.21. The van der Waals surface area contributed by atoms with Gasteiger partial charge in [0.1, 0.15) is 5.75 Å². The summed E-state index contributed by atoms with van der Waals surface area (Å²) in [7, 11) is -1.96. The minimum Gasteiger partial charge on any atom is -0.383 e. The van der Waals surface area contributed by atoms with Crippen molar-refractivity contribution in [2.75, 3.05) is 26.0 Å². The molecule has 0 aromatic heterocycles. The second kappa shape index (κ2) is 9.05. The molecule has 0 aliphatic heterocycles. The van der Waals surface area contributed by atoms with Gasteiger partial charge < -0.3 is 19.1 Å². The van der Waals surface area contributed by atoms with Crippen LogP contribution in [0.1, 0.15) is 33.3 Å². The Labute approximate surface area is 150 Å². The lowest BCUT2D eigenvalue weighted by molar-refractivity contribution is 0.142. The quantitative estimate of drug-likeness (QED) is 0.708. The van der Waals surface area contributed by atoms with E-state index < -0.39 is 10.1 Å². The maximum absolute atomic E-state index is 12.4. The summed E-state index contributed by atoms with van der Waals surface area (Å²) in [4.78, 5) is 14.1. The molecule has 1 aromatic rings. The Kier molecular flexibility index (Phi) is 7.69. The maximum Gasteiger partial charge on any atom is 0.318 e. The Balaban J connectivity index is 2.81. The van der Waals surface area contributed by atoms with Crippen molar-refractivity contribution in [3.05, 3.63) is 29.8 Å². The number of carbonyl (C=O) groups excluding carboxylic acids is 1. The highest BCUT2D eigenvalue weighted by Crippen LogP contribution is 2.16. The third-order valence-corrected chi connectivity index (χ3v) is 4.36. The number of methoxy groups -OCH3 is 1. The number of carbonyl (C=O) groups is 1. The Hall–Kier alpha value is -1.80. The molecule has 0 radical (unpaired) electrons. The summed E-state index contributed by atoms with van der Waals surface area (Å²) in [5.74, 6) is 0.167. The number of amides is 2. The molecule has 0 bridgehead atoms. The molecule has 2 amide bonds. The predicted molar refractivity (Wildman–Crippen MR) is 97.1 cm³/mol. The lowest BCUT2D eigenvalue weighted by Gasteiger charge is -2.28. The van der Waals surface area contributed by atoms with Gasteiger partial charge in [-0.2, -0.15) is 8.42 Å². The lowest BCUT2D eigenvalue weighted by atomic mass is 10.1. The van der Waals surface area contributed by atoms with Gasteiger partial charge in [-0.3, -0.25) is 0 Å². The molecular formula is C17H28N2O5S. The number of rotatable bonds is 8. The molecule has 142 valence electrons. The van der Waals surface area contributed by atoms with Gasteiger partial charge in [-0.1, -0.05) is 12.1 Å². The third kappa shape index (κ3) is 8.22. The zero-order valence-corrected chi connectivity index (χ0v) is 16.4. The van der Waals surface area contributed by atoms with Crippen LogP contribution in [0.2, 0.25) is 0 Å². The molecule has 1 aromatic carbocycles. The van der Waals surface area contributed by atoms with Gasteiger partial charge in [-0.25, -0.2) is 4.79 Å². The van der Waals surface area contributed by atoms with Gasteiger partial charge in [0, 0.05) is 25.7 Å². The molecule has 0 aliphatic rings. The highest BCUT2D eigenvalue weighted by atomic mass is 32.2. The summed E-state index contributed by atoms with van der Waals surface area (Å²) in [6.45, 7) is 8.52. The van der Waals surface area contributed by atoms with Crippen LogP contribution in [0, 0.1) is 0 Å². The summed E-state index contributed by atoms with van der Waals surface area (Å²) in [6, 6.07) is 6.46. The van der Waals surface area contributed by atoms with Crippen molar-refractivity contribution in [2.45, 2.75) is 39.8 Å². The van der Waals surface area contributed by atoms with E-state index in [1.807, 2.05) is 20.8 Å². The van der Waals surface area contributed by atoms with Crippen molar-refractivity contribution in [3.8, 4) is 5.75 Å². The lowest BCUT2D eigenvalue weighted by Crippen LogP contribution is -2.49. The SMILES string of the molecule is CCS(=O)(=O)Oc1ccc(CN(CCOC)C(=O)NC(C)(C)C)cc1. The van der Waals surface area contributed by atoms with Gasteiger partial charge in [0.15, 0.2) is 0 Å². The van der Waals surface area contributed by atoms with Crippen LogP contribution in [-0.2, 0) is 21.4 Å². The Bertz CT molecular complexity index is 651. The van der Waals surface area contributed by atoms with Crippen LogP contribution in [0.4, 0.5) is 4.79 Å². The molecule has 1 N–H and O–H groups in total. The van der Waals surface area contributed by atoms with E-state index in [1.54, 1.807) is 36.3 Å². The van der Waals surface area contributed by atoms with Crippen LogP contribution in [0.15, 0.2) is 24.3 Å². The first-order valence-corrected chi connectivity index (χ1v) is 9.71. The van der Waals surface area contributed by atoms with E-state index in [-0.39, 0.29) is 23.1 Å². The second-order valence-electron chi connectivity index (χ2n) is 6.67. The highest BCUT2D eigenvalue weighted by Gasteiger charge is 2.20. The van der Waals surface area contributed by atoms with E-state index >= 15 is 0 Å². The van der Waals surface area contributed by atoms with E-state index in [0.29, 0.717) is 19.7 Å². The van der Waals surface area contributed by atoms with E-state index in [4.69, 9.17) is 8.92 Å². The zero-order chi connectivity index (χ0) is 19.1. The summed E-state index contributed by atoms with van der Waals surface area (Å²) >= 11 is 0. The molecule has 0 fully saturated rings. The first-order valence-electron chi connectivity index (χ1n) is 8.13. The molecular weight excluding hydrogens is 344 g/mol. The summed E-state index contributed by atoms with van der Waals surface area (Å²) in [5, 5.41) is 2.93. The minimum atomic E-state index is -3.55. The monoisotopic (exact) mass is 372 g/mol. The van der Waals surface area contributed by atoms with Crippen molar-refractivity contribution in [1.82, 2.24) is 10.2 Å². The molecule has 0 atom stereocenters. The molecule has 0 saturated carbocycles. The zero-order valence-electron chi connectivity index (χ0n) is 15.5. The Morgan fingerprint density at radius 2 is 1.80 bits per heavy atom. The topological polar surface area (TPSA) is 84.9 Å². The number of benzene rings is 1. The molecule has 0 heterocycles. The predicted octanol–water partition coefficient (Wildman–Crippen LogP) is 2.37. The van der Waals surface area contributed by atoms with Gasteiger partial charge in [0.2, 0.25) is 0 Å². The van der Waals surface area contributed by atoms with Gasteiger partial charge in [-0.15, -0.1) is 0 Å². The van der Waals surface area contributed by atoms with Gasteiger partial charge in [0.25, 0.3) is 0 Å². The van der Waals surface area contributed by atoms with E-state index in [1.165, 1.54) is 6.92 Å². The Morgan fingerprint density at radius 3 is 2.28 bits per heavy atom. The van der Waals surface area contributed by atoms with Gasteiger partial charge in [0.05, 0.1) is 12.4 Å². The first-order chi connectivity index (χ1) is 11.6. The molecule has 0 aliphatic carbocycles. The average molecular weight is 372 g/mol. The van der Waals surface area contributed by atoms with Crippen molar-refractivity contribution < 1.29 is 22.1 Å². The van der Waals surface area contributed by atoms with Crippen molar-refractivity contribution in [1.29, 1.82) is 0 Å². The molecule has 0 spiro atoms. The largest absolute Gasteiger partial charge is 0.383 e. The number of hydrogen-bond donors (Lipinski definition) is 1. The molecule has 8 heteroatoms. The molecule has 0 saturated heterocycles. The molecule has 0 unspecified atom stereocenters. The van der Waals surface area contributed by atoms with Gasteiger partial charge >= 0.3 is 16.1 Å². The van der Waals surface area contributed by atoms with Crippen molar-refractivity contribution in [2.24, 2.45) is 0 Å². The average Bonchev–Trinajstić information content (AvgIpc) is 2.51. The van der Waals surface area contributed by atoms with Crippen molar-refractivity contribution in [3.63, 3.8) is 0 Å². The normalized spacial score (nSPS) is 11.9. The number of ether oxygens (including phenoxy) is 1.